The van der Waals surface area contributed by atoms with E-state index in [-0.39, 0.29) is 12.1 Å². The van der Waals surface area contributed by atoms with Crippen LogP contribution in [0.5, 0.6) is 0 Å². The van der Waals surface area contributed by atoms with Crippen molar-refractivity contribution >= 4 is 21.6 Å². The zero-order valence-electron chi connectivity index (χ0n) is 17.9. The molecule has 0 saturated carbocycles. The summed E-state index contributed by atoms with van der Waals surface area (Å²) in [6, 6.07) is 15.4. The number of rotatable bonds is 7. The highest BCUT2D eigenvalue weighted by molar-refractivity contribution is 7.92. The Bertz CT molecular complexity index is 1240. The van der Waals surface area contributed by atoms with Gasteiger partial charge in [0, 0.05) is 6.20 Å². The monoisotopic (exact) mass is 477 g/mol. The SMILES string of the molecule is Cc1ccccc1CN(c1ccc(C(C(N)=O)c2ccc(C(F)(F)F)nc2)cc1)S(C)(=O)=O. The minimum atomic E-state index is -4.60. The minimum Gasteiger partial charge on any atom is -0.369 e. The number of alkyl halides is 3. The van der Waals surface area contributed by atoms with Crippen LogP contribution in [0.2, 0.25) is 0 Å². The van der Waals surface area contributed by atoms with Crippen molar-refractivity contribution in [2.24, 2.45) is 5.73 Å². The fraction of sp³-hybridized carbons (Fsp3) is 0.217. The Morgan fingerprint density at radius 2 is 1.64 bits per heavy atom. The maximum absolute atomic E-state index is 12.8. The van der Waals surface area contributed by atoms with Gasteiger partial charge in [-0.3, -0.25) is 14.1 Å². The number of hydrogen-bond acceptors (Lipinski definition) is 4. The van der Waals surface area contributed by atoms with E-state index in [4.69, 9.17) is 5.73 Å². The average Bonchev–Trinajstić information content (AvgIpc) is 2.73. The predicted octanol–water partition coefficient (Wildman–Crippen LogP) is 3.99. The zero-order chi connectivity index (χ0) is 24.4. The first-order valence-corrected chi connectivity index (χ1v) is 11.7. The molecule has 33 heavy (non-hydrogen) atoms. The van der Waals surface area contributed by atoms with Crippen molar-refractivity contribution in [3.8, 4) is 0 Å². The van der Waals surface area contributed by atoms with Gasteiger partial charge in [0.2, 0.25) is 15.9 Å². The molecule has 0 fully saturated rings. The van der Waals surface area contributed by atoms with Gasteiger partial charge in [-0.1, -0.05) is 42.5 Å². The number of primary amides is 1. The quantitative estimate of drug-likeness (QED) is 0.557. The molecule has 3 rings (SSSR count). The molecule has 174 valence electrons. The van der Waals surface area contributed by atoms with E-state index in [1.165, 1.54) is 28.6 Å². The fourth-order valence-corrected chi connectivity index (χ4v) is 4.32. The largest absolute Gasteiger partial charge is 0.433 e. The minimum absolute atomic E-state index is 0.118. The summed E-state index contributed by atoms with van der Waals surface area (Å²) < 4.78 is 64.5. The highest BCUT2D eigenvalue weighted by Gasteiger charge is 2.33. The summed E-state index contributed by atoms with van der Waals surface area (Å²) in [6.45, 7) is 2.00. The molecule has 0 saturated heterocycles. The van der Waals surface area contributed by atoms with E-state index >= 15 is 0 Å². The number of aromatic nitrogens is 1. The Kier molecular flexibility index (Phi) is 6.78. The van der Waals surface area contributed by atoms with Crippen LogP contribution in [-0.2, 0) is 27.5 Å². The molecule has 0 bridgehead atoms. The maximum atomic E-state index is 12.8. The lowest BCUT2D eigenvalue weighted by Crippen LogP contribution is -2.29. The highest BCUT2D eigenvalue weighted by atomic mass is 32.2. The average molecular weight is 478 g/mol. The van der Waals surface area contributed by atoms with Crippen LogP contribution in [0.4, 0.5) is 18.9 Å². The van der Waals surface area contributed by atoms with Crippen LogP contribution in [0.1, 0.15) is 33.9 Å². The van der Waals surface area contributed by atoms with Gasteiger partial charge in [-0.05, 0) is 47.4 Å². The summed E-state index contributed by atoms with van der Waals surface area (Å²) in [6.07, 6.45) is -2.54. The number of nitrogens with zero attached hydrogens (tertiary/aromatic N) is 2. The predicted molar refractivity (Wildman–Crippen MR) is 119 cm³/mol. The fourth-order valence-electron chi connectivity index (χ4n) is 3.44. The molecular weight excluding hydrogens is 455 g/mol. The van der Waals surface area contributed by atoms with Gasteiger partial charge in [-0.25, -0.2) is 8.42 Å². The molecule has 0 aliphatic rings. The van der Waals surface area contributed by atoms with Crippen LogP contribution in [0.3, 0.4) is 0 Å². The third-order valence-corrected chi connectivity index (χ3v) is 6.33. The molecule has 0 aliphatic carbocycles. The maximum Gasteiger partial charge on any atom is 0.433 e. The van der Waals surface area contributed by atoms with Crippen molar-refractivity contribution in [1.29, 1.82) is 0 Å². The van der Waals surface area contributed by atoms with Crippen LogP contribution in [-0.4, -0.2) is 25.6 Å². The molecule has 2 aromatic carbocycles. The standard InChI is InChI=1S/C23H22F3N3O3S/c1-15-5-3-4-6-18(15)14-29(33(2,31)32)19-10-7-16(8-11-19)21(22(27)30)17-9-12-20(28-13-17)23(24,25)26/h3-13,21H,14H2,1-2H3,(H2,27,30). The van der Waals surface area contributed by atoms with Gasteiger partial charge in [-0.15, -0.1) is 0 Å². The Morgan fingerprint density at radius 1 is 1.03 bits per heavy atom. The lowest BCUT2D eigenvalue weighted by Gasteiger charge is -2.24. The Morgan fingerprint density at radius 3 is 2.12 bits per heavy atom. The number of benzene rings is 2. The number of carbonyl (C=O) groups excluding carboxylic acids is 1. The number of sulfonamides is 1. The summed E-state index contributed by atoms with van der Waals surface area (Å²) in [5.74, 6) is -1.82. The van der Waals surface area contributed by atoms with Crippen LogP contribution >= 0.6 is 0 Å². The van der Waals surface area contributed by atoms with Crippen molar-refractivity contribution in [3.05, 3.63) is 94.8 Å². The van der Waals surface area contributed by atoms with E-state index in [2.05, 4.69) is 4.98 Å². The number of anilines is 1. The van der Waals surface area contributed by atoms with E-state index in [0.717, 1.165) is 35.7 Å². The van der Waals surface area contributed by atoms with E-state index in [0.29, 0.717) is 11.3 Å². The van der Waals surface area contributed by atoms with E-state index in [9.17, 15) is 26.4 Å². The normalized spacial score (nSPS) is 12.9. The molecular formula is C23H22F3N3O3S. The van der Waals surface area contributed by atoms with Gasteiger partial charge >= 0.3 is 6.18 Å². The lowest BCUT2D eigenvalue weighted by atomic mass is 9.91. The smallest absolute Gasteiger partial charge is 0.369 e. The highest BCUT2D eigenvalue weighted by Crippen LogP contribution is 2.31. The first-order valence-electron chi connectivity index (χ1n) is 9.82. The van der Waals surface area contributed by atoms with Gasteiger partial charge in [0.25, 0.3) is 0 Å². The summed E-state index contributed by atoms with van der Waals surface area (Å²) in [4.78, 5) is 15.5. The molecule has 1 aromatic heterocycles. The topological polar surface area (TPSA) is 93.4 Å². The van der Waals surface area contributed by atoms with Crippen molar-refractivity contribution < 1.29 is 26.4 Å². The Labute approximate surface area is 189 Å². The molecule has 10 heteroatoms. The van der Waals surface area contributed by atoms with Crippen LogP contribution in [0, 0.1) is 6.92 Å². The molecule has 1 atom stereocenters. The molecule has 1 heterocycles. The molecule has 0 aliphatic heterocycles. The summed E-state index contributed by atoms with van der Waals surface area (Å²) in [7, 11) is -3.63. The second kappa shape index (κ2) is 9.22. The van der Waals surface area contributed by atoms with E-state index < -0.39 is 33.7 Å². The first kappa shape index (κ1) is 24.2. The van der Waals surface area contributed by atoms with E-state index in [1.807, 2.05) is 31.2 Å². The number of nitrogens with two attached hydrogens (primary N) is 1. The van der Waals surface area contributed by atoms with Gasteiger partial charge in [0.1, 0.15) is 5.69 Å². The van der Waals surface area contributed by atoms with Gasteiger partial charge in [0.05, 0.1) is 24.4 Å². The van der Waals surface area contributed by atoms with Gasteiger partial charge < -0.3 is 5.73 Å². The molecule has 3 aromatic rings. The number of aryl methyl sites for hydroxylation is 1. The van der Waals surface area contributed by atoms with Crippen molar-refractivity contribution in [3.63, 3.8) is 0 Å². The Balaban J connectivity index is 1.94. The number of hydrogen-bond donors (Lipinski definition) is 1. The molecule has 1 unspecified atom stereocenters. The number of amides is 1. The second-order valence-electron chi connectivity index (χ2n) is 7.60. The van der Waals surface area contributed by atoms with Gasteiger partial charge in [-0.2, -0.15) is 13.2 Å². The number of halogens is 3. The van der Waals surface area contributed by atoms with Crippen molar-refractivity contribution in [1.82, 2.24) is 4.98 Å². The van der Waals surface area contributed by atoms with Gasteiger partial charge in [0.15, 0.2) is 0 Å². The lowest BCUT2D eigenvalue weighted by molar-refractivity contribution is -0.141. The third-order valence-electron chi connectivity index (χ3n) is 5.18. The molecule has 6 nitrogen and oxygen atoms in total. The van der Waals surface area contributed by atoms with Crippen LogP contribution in [0.25, 0.3) is 0 Å². The molecule has 2 N–H and O–H groups in total. The summed E-state index contributed by atoms with van der Waals surface area (Å²) >= 11 is 0. The molecule has 1 amide bonds. The van der Waals surface area contributed by atoms with E-state index in [1.54, 1.807) is 0 Å². The Hall–Kier alpha value is -3.40. The van der Waals surface area contributed by atoms with Crippen LogP contribution < -0.4 is 10.0 Å². The second-order valence-corrected chi connectivity index (χ2v) is 9.50. The van der Waals surface area contributed by atoms with Crippen molar-refractivity contribution in [2.75, 3.05) is 10.6 Å². The number of carbonyl (C=O) groups is 1. The van der Waals surface area contributed by atoms with Crippen LogP contribution in [0.15, 0.2) is 66.9 Å². The molecule has 0 radical (unpaired) electrons. The summed E-state index contributed by atoms with van der Waals surface area (Å²) in [5.41, 5.74) is 7.18. The third kappa shape index (κ3) is 5.70. The zero-order valence-corrected chi connectivity index (χ0v) is 18.7. The summed E-state index contributed by atoms with van der Waals surface area (Å²) in [5, 5.41) is 0. The number of pyridine rings is 1. The van der Waals surface area contributed by atoms with Crippen molar-refractivity contribution in [2.45, 2.75) is 25.6 Å². The molecule has 0 spiro atoms. The first-order chi connectivity index (χ1) is 15.4.